The molecule has 3 rings (SSSR count). The topological polar surface area (TPSA) is 64.3 Å². The number of fused-ring (bicyclic) bond motifs is 1. The predicted molar refractivity (Wildman–Crippen MR) is 69.3 cm³/mol. The minimum absolute atomic E-state index is 0. The van der Waals surface area contributed by atoms with Crippen molar-refractivity contribution in [3.05, 3.63) is 0 Å². The lowest BCUT2D eigenvalue weighted by Gasteiger charge is -2.47. The summed E-state index contributed by atoms with van der Waals surface area (Å²) in [6, 6.07) is 0. The van der Waals surface area contributed by atoms with Gasteiger partial charge in [0.1, 0.15) is 5.60 Å². The van der Waals surface area contributed by atoms with Crippen molar-refractivity contribution in [1.82, 2.24) is 5.32 Å². The van der Waals surface area contributed by atoms with Gasteiger partial charge in [0.05, 0.1) is 0 Å². The number of carbonyl (C=O) groups excluding carboxylic acids is 1. The fraction of sp³-hybridized carbons (Fsp3) is 0.917. The van der Waals surface area contributed by atoms with Crippen LogP contribution in [0.5, 0.6) is 0 Å². The molecular formula is C12H23ClN2O2. The van der Waals surface area contributed by atoms with E-state index in [2.05, 4.69) is 5.32 Å². The molecule has 3 aliphatic carbocycles. The molecule has 0 aromatic heterocycles. The molecule has 2 bridgehead atoms. The molecule has 0 aromatic rings. The molecule has 0 heterocycles. The van der Waals surface area contributed by atoms with Gasteiger partial charge in [-0.3, -0.25) is 0 Å². The third kappa shape index (κ3) is 2.86. The van der Waals surface area contributed by atoms with Crippen LogP contribution in [0.25, 0.3) is 0 Å². The van der Waals surface area contributed by atoms with Crippen LogP contribution in [0.4, 0.5) is 4.79 Å². The molecule has 0 saturated heterocycles. The molecule has 0 atom stereocenters. The highest BCUT2D eigenvalue weighted by Gasteiger charge is 2.60. The quantitative estimate of drug-likeness (QED) is 0.802. The van der Waals surface area contributed by atoms with Gasteiger partial charge in [0.2, 0.25) is 0 Å². The molecule has 0 unspecified atom stereocenters. The van der Waals surface area contributed by atoms with Gasteiger partial charge in [-0.05, 0) is 58.4 Å². The molecule has 17 heavy (non-hydrogen) atoms. The smallest absolute Gasteiger partial charge is 0.408 e. The largest absolute Gasteiger partial charge is 0.444 e. The number of hydrogen-bond acceptors (Lipinski definition) is 3. The van der Waals surface area contributed by atoms with Gasteiger partial charge in [0.15, 0.2) is 0 Å². The van der Waals surface area contributed by atoms with Crippen molar-refractivity contribution in [2.45, 2.75) is 57.6 Å². The zero-order valence-corrected chi connectivity index (χ0v) is 11.7. The summed E-state index contributed by atoms with van der Waals surface area (Å²) < 4.78 is 5.27. The van der Waals surface area contributed by atoms with E-state index in [1.165, 1.54) is 0 Å². The second-order valence-electron chi connectivity index (χ2n) is 6.46. The van der Waals surface area contributed by atoms with Gasteiger partial charge < -0.3 is 15.8 Å². The lowest BCUT2D eigenvalue weighted by atomic mass is 9.65. The van der Waals surface area contributed by atoms with Gasteiger partial charge in [-0.2, -0.15) is 0 Å². The molecular weight excluding hydrogens is 240 g/mol. The molecule has 4 nitrogen and oxygen atoms in total. The Morgan fingerprint density at radius 3 is 2.35 bits per heavy atom. The van der Waals surface area contributed by atoms with E-state index >= 15 is 0 Å². The van der Waals surface area contributed by atoms with E-state index in [4.69, 9.17) is 10.5 Å². The first-order chi connectivity index (χ1) is 7.28. The first-order valence-electron chi connectivity index (χ1n) is 6.00. The highest BCUT2D eigenvalue weighted by atomic mass is 35.5. The minimum atomic E-state index is -0.423. The molecule has 0 radical (unpaired) electrons. The number of amides is 1. The second kappa shape index (κ2) is 4.32. The van der Waals surface area contributed by atoms with Gasteiger partial charge in [-0.25, -0.2) is 4.79 Å². The Balaban J connectivity index is 0.00000144. The van der Waals surface area contributed by atoms with Gasteiger partial charge in [-0.1, -0.05) is 0 Å². The average molecular weight is 263 g/mol. The van der Waals surface area contributed by atoms with Crippen LogP contribution < -0.4 is 11.1 Å². The van der Waals surface area contributed by atoms with E-state index in [9.17, 15) is 4.79 Å². The first kappa shape index (κ1) is 14.6. The number of carbonyl (C=O) groups is 1. The summed E-state index contributed by atoms with van der Waals surface area (Å²) in [6.45, 7) is 6.38. The molecule has 3 saturated carbocycles. The van der Waals surface area contributed by atoms with Crippen LogP contribution in [0.15, 0.2) is 0 Å². The second-order valence-corrected chi connectivity index (χ2v) is 6.46. The molecule has 100 valence electrons. The fourth-order valence-corrected chi connectivity index (χ4v) is 3.16. The highest BCUT2D eigenvalue weighted by molar-refractivity contribution is 5.85. The Hall–Kier alpha value is -0.480. The maximum absolute atomic E-state index is 11.7. The summed E-state index contributed by atoms with van der Waals surface area (Å²) in [5, 5.41) is 3.02. The monoisotopic (exact) mass is 262 g/mol. The van der Waals surface area contributed by atoms with Crippen LogP contribution in [0, 0.1) is 5.41 Å². The van der Waals surface area contributed by atoms with E-state index < -0.39 is 5.60 Å². The zero-order chi connectivity index (χ0) is 12.0. The number of ether oxygens (including phenoxy) is 1. The van der Waals surface area contributed by atoms with Crippen LogP contribution in [0.1, 0.15) is 46.5 Å². The summed E-state index contributed by atoms with van der Waals surface area (Å²) in [5.41, 5.74) is 5.63. The Labute approximate surface area is 109 Å². The number of nitrogens with two attached hydrogens (primary N) is 1. The van der Waals surface area contributed by atoms with Crippen LogP contribution in [0.2, 0.25) is 0 Å². The molecule has 3 aliphatic rings. The van der Waals surface area contributed by atoms with Crippen LogP contribution >= 0.6 is 12.4 Å². The maximum Gasteiger partial charge on any atom is 0.408 e. The summed E-state index contributed by atoms with van der Waals surface area (Å²) in [6.07, 6.45) is 3.94. The normalized spacial score (nSPS) is 34.6. The number of halogens is 1. The third-order valence-corrected chi connectivity index (χ3v) is 3.76. The van der Waals surface area contributed by atoms with E-state index in [1.807, 2.05) is 20.8 Å². The van der Waals surface area contributed by atoms with Crippen molar-refractivity contribution in [2.75, 3.05) is 6.54 Å². The van der Waals surface area contributed by atoms with Crippen LogP contribution in [-0.4, -0.2) is 23.8 Å². The van der Waals surface area contributed by atoms with Crippen molar-refractivity contribution < 1.29 is 9.53 Å². The van der Waals surface area contributed by atoms with Gasteiger partial charge in [0, 0.05) is 5.54 Å². The molecule has 1 amide bonds. The molecule has 3 N–H and O–H groups in total. The predicted octanol–water partition coefficient (Wildman–Crippen LogP) is 2.20. The fourth-order valence-electron chi connectivity index (χ4n) is 3.16. The van der Waals surface area contributed by atoms with Gasteiger partial charge >= 0.3 is 6.09 Å². The third-order valence-electron chi connectivity index (χ3n) is 3.76. The summed E-state index contributed by atoms with van der Waals surface area (Å²) in [4.78, 5) is 11.7. The Bertz CT molecular complexity index is 306. The lowest BCUT2D eigenvalue weighted by molar-refractivity contribution is 0.0293. The standard InChI is InChI=1S/C12H22N2O2.ClH/c1-10(2,3)16-9(15)14-12-5-4-11(6-12,7-12)8-13;/h4-8,13H2,1-3H3,(H,14,15);1H. The van der Waals surface area contributed by atoms with E-state index in [0.29, 0.717) is 5.41 Å². The molecule has 0 aromatic carbocycles. The minimum Gasteiger partial charge on any atom is -0.444 e. The number of alkyl carbamates (subject to hydrolysis) is 1. The summed E-state index contributed by atoms with van der Waals surface area (Å²) in [5.74, 6) is 0. The highest BCUT2D eigenvalue weighted by Crippen LogP contribution is 2.60. The van der Waals surface area contributed by atoms with E-state index in [0.717, 1.165) is 32.2 Å². The number of rotatable bonds is 2. The van der Waals surface area contributed by atoms with Crippen molar-refractivity contribution in [3.63, 3.8) is 0 Å². The van der Waals surface area contributed by atoms with Crippen LogP contribution in [0.3, 0.4) is 0 Å². The first-order valence-corrected chi connectivity index (χ1v) is 6.00. The van der Waals surface area contributed by atoms with Crippen molar-refractivity contribution in [2.24, 2.45) is 11.1 Å². The molecule has 5 heteroatoms. The van der Waals surface area contributed by atoms with Crippen LogP contribution in [-0.2, 0) is 4.74 Å². The Morgan fingerprint density at radius 1 is 1.35 bits per heavy atom. The summed E-state index contributed by atoms with van der Waals surface area (Å²) >= 11 is 0. The molecule has 0 aliphatic heterocycles. The van der Waals surface area contributed by atoms with Crippen molar-refractivity contribution in [1.29, 1.82) is 0 Å². The molecule has 0 spiro atoms. The van der Waals surface area contributed by atoms with E-state index in [1.54, 1.807) is 0 Å². The van der Waals surface area contributed by atoms with E-state index in [-0.39, 0.29) is 24.0 Å². The number of nitrogens with one attached hydrogen (secondary N) is 1. The Morgan fingerprint density at radius 2 is 1.94 bits per heavy atom. The van der Waals surface area contributed by atoms with Crippen molar-refractivity contribution >= 4 is 18.5 Å². The SMILES string of the molecule is CC(C)(C)OC(=O)NC12CCC(CN)(C1)C2.Cl. The van der Waals surface area contributed by atoms with Crippen molar-refractivity contribution in [3.8, 4) is 0 Å². The van der Waals surface area contributed by atoms with Gasteiger partial charge in [0.25, 0.3) is 0 Å². The maximum atomic E-state index is 11.7. The average Bonchev–Trinajstić information content (AvgIpc) is 2.55. The molecule has 3 fully saturated rings. The Kier molecular flexibility index (Phi) is 3.71. The number of hydrogen-bond donors (Lipinski definition) is 2. The zero-order valence-electron chi connectivity index (χ0n) is 10.8. The summed E-state index contributed by atoms with van der Waals surface area (Å²) in [7, 11) is 0. The lowest BCUT2D eigenvalue weighted by Crippen LogP contribution is -2.58. The van der Waals surface area contributed by atoms with Gasteiger partial charge in [-0.15, -0.1) is 12.4 Å².